The molecule has 1 aromatic rings. The molecule has 2 N–H and O–H groups in total. The molecule has 7 heteroatoms. The number of piperidine rings is 1. The molecule has 134 valence electrons. The Labute approximate surface area is 148 Å². The summed E-state index contributed by atoms with van der Waals surface area (Å²) in [5.41, 5.74) is 5.84. The van der Waals surface area contributed by atoms with Crippen molar-refractivity contribution in [1.82, 2.24) is 15.0 Å². The lowest BCUT2D eigenvalue weighted by Crippen LogP contribution is -2.44. The molecule has 0 spiro atoms. The lowest BCUT2D eigenvalue weighted by Gasteiger charge is -2.34. The zero-order chi connectivity index (χ0) is 15.8. The molecule has 1 aliphatic heterocycles. The third kappa shape index (κ3) is 3.45. The van der Waals surface area contributed by atoms with Gasteiger partial charge in [0.05, 0.1) is 0 Å². The summed E-state index contributed by atoms with van der Waals surface area (Å²) in [5.74, 6) is 3.10. The molecule has 3 aliphatic rings. The second-order valence-electron chi connectivity index (χ2n) is 7.42. The summed E-state index contributed by atoms with van der Waals surface area (Å²) in [6.45, 7) is 2.22. The van der Waals surface area contributed by atoms with E-state index in [0.29, 0.717) is 24.3 Å². The van der Waals surface area contributed by atoms with E-state index in [1.807, 2.05) is 4.90 Å². The van der Waals surface area contributed by atoms with Crippen LogP contribution in [0.15, 0.2) is 4.52 Å². The quantitative estimate of drug-likeness (QED) is 0.897. The number of rotatable bonds is 4. The van der Waals surface area contributed by atoms with Crippen molar-refractivity contribution in [2.24, 2.45) is 17.6 Å². The van der Waals surface area contributed by atoms with Gasteiger partial charge in [-0.15, -0.1) is 12.4 Å². The van der Waals surface area contributed by atoms with Gasteiger partial charge in [0.1, 0.15) is 0 Å². The van der Waals surface area contributed by atoms with E-state index in [1.54, 1.807) is 0 Å². The van der Waals surface area contributed by atoms with E-state index in [2.05, 4.69) is 10.1 Å². The summed E-state index contributed by atoms with van der Waals surface area (Å²) in [7, 11) is 0. The van der Waals surface area contributed by atoms with Crippen LogP contribution >= 0.6 is 12.4 Å². The fourth-order valence-electron chi connectivity index (χ4n) is 4.18. The molecule has 1 aromatic heterocycles. The first-order valence-corrected chi connectivity index (χ1v) is 9.08. The highest BCUT2D eigenvalue weighted by Gasteiger charge is 2.37. The maximum atomic E-state index is 12.9. The zero-order valence-electron chi connectivity index (χ0n) is 14.0. The SMILES string of the molecule is Cl.NC[C@H]1CCC[C@H]1C(=O)N1CCCC(c2noc(C3CC3)n2)C1. The Hall–Kier alpha value is -1.14. The first-order chi connectivity index (χ1) is 11.3. The smallest absolute Gasteiger partial charge is 0.229 e. The van der Waals surface area contributed by atoms with Gasteiger partial charge in [-0.25, -0.2) is 0 Å². The number of carbonyl (C=O) groups is 1. The Morgan fingerprint density at radius 3 is 2.75 bits per heavy atom. The highest BCUT2D eigenvalue weighted by atomic mass is 35.5. The first kappa shape index (κ1) is 17.7. The Bertz CT molecular complexity index is 575. The molecule has 2 aliphatic carbocycles. The van der Waals surface area contributed by atoms with Gasteiger partial charge in [-0.05, 0) is 51.0 Å². The van der Waals surface area contributed by atoms with Crippen molar-refractivity contribution in [2.75, 3.05) is 19.6 Å². The van der Waals surface area contributed by atoms with Gasteiger partial charge in [0.25, 0.3) is 0 Å². The normalized spacial score (nSPS) is 30.2. The van der Waals surface area contributed by atoms with Crippen LogP contribution in [0.1, 0.15) is 68.5 Å². The Balaban J connectivity index is 0.00000169. The third-order valence-electron chi connectivity index (χ3n) is 5.76. The minimum absolute atomic E-state index is 0. The van der Waals surface area contributed by atoms with Gasteiger partial charge in [-0.1, -0.05) is 11.6 Å². The van der Waals surface area contributed by atoms with E-state index in [4.69, 9.17) is 10.3 Å². The second-order valence-corrected chi connectivity index (χ2v) is 7.42. The van der Waals surface area contributed by atoms with Crippen molar-refractivity contribution in [1.29, 1.82) is 0 Å². The van der Waals surface area contributed by atoms with E-state index < -0.39 is 0 Å². The molecule has 0 bridgehead atoms. The van der Waals surface area contributed by atoms with Crippen molar-refractivity contribution in [3.05, 3.63) is 11.7 Å². The van der Waals surface area contributed by atoms with Crippen LogP contribution in [0.5, 0.6) is 0 Å². The summed E-state index contributed by atoms with van der Waals surface area (Å²) in [6, 6.07) is 0. The second kappa shape index (κ2) is 7.40. The van der Waals surface area contributed by atoms with Crippen LogP contribution in [-0.4, -0.2) is 40.6 Å². The highest BCUT2D eigenvalue weighted by molar-refractivity contribution is 5.85. The van der Waals surface area contributed by atoms with Crippen LogP contribution < -0.4 is 5.73 Å². The van der Waals surface area contributed by atoms with E-state index in [0.717, 1.165) is 56.9 Å². The van der Waals surface area contributed by atoms with Crippen molar-refractivity contribution in [2.45, 2.75) is 56.8 Å². The Kier molecular flexibility index (Phi) is 5.45. The number of nitrogens with zero attached hydrogens (tertiary/aromatic N) is 3. The van der Waals surface area contributed by atoms with Gasteiger partial charge in [0, 0.05) is 30.8 Å². The Morgan fingerprint density at radius 2 is 2.00 bits per heavy atom. The minimum Gasteiger partial charge on any atom is -0.342 e. The number of amides is 1. The van der Waals surface area contributed by atoms with E-state index >= 15 is 0 Å². The summed E-state index contributed by atoms with van der Waals surface area (Å²) < 4.78 is 5.39. The summed E-state index contributed by atoms with van der Waals surface area (Å²) in [4.78, 5) is 19.5. The van der Waals surface area contributed by atoms with Gasteiger partial charge in [0.2, 0.25) is 11.8 Å². The van der Waals surface area contributed by atoms with Gasteiger partial charge in [-0.3, -0.25) is 4.79 Å². The number of carbonyl (C=O) groups excluding carboxylic acids is 1. The number of hydrogen-bond acceptors (Lipinski definition) is 5. The number of nitrogens with two attached hydrogens (primary N) is 1. The minimum atomic E-state index is 0. The molecule has 3 atom stereocenters. The molecule has 6 nitrogen and oxygen atoms in total. The molecular formula is C17H27ClN4O2. The van der Waals surface area contributed by atoms with Crippen molar-refractivity contribution in [3.8, 4) is 0 Å². The molecular weight excluding hydrogens is 328 g/mol. The number of likely N-dealkylation sites (tertiary alicyclic amines) is 1. The van der Waals surface area contributed by atoms with Crippen molar-refractivity contribution >= 4 is 18.3 Å². The highest BCUT2D eigenvalue weighted by Crippen LogP contribution is 2.40. The molecule has 0 aromatic carbocycles. The number of aromatic nitrogens is 2. The van der Waals surface area contributed by atoms with Crippen LogP contribution in [0.4, 0.5) is 0 Å². The lowest BCUT2D eigenvalue weighted by molar-refractivity contribution is -0.137. The predicted molar refractivity (Wildman–Crippen MR) is 92.0 cm³/mol. The monoisotopic (exact) mass is 354 g/mol. The van der Waals surface area contributed by atoms with Crippen LogP contribution in [0, 0.1) is 11.8 Å². The van der Waals surface area contributed by atoms with E-state index in [9.17, 15) is 4.79 Å². The summed E-state index contributed by atoms with van der Waals surface area (Å²) in [5, 5.41) is 4.18. The molecule has 2 saturated carbocycles. The van der Waals surface area contributed by atoms with Crippen molar-refractivity contribution < 1.29 is 9.32 Å². The molecule has 3 fully saturated rings. The third-order valence-corrected chi connectivity index (χ3v) is 5.76. The fourth-order valence-corrected chi connectivity index (χ4v) is 4.18. The van der Waals surface area contributed by atoms with Crippen LogP contribution in [0.2, 0.25) is 0 Å². The maximum Gasteiger partial charge on any atom is 0.229 e. The van der Waals surface area contributed by atoms with Crippen molar-refractivity contribution in [3.63, 3.8) is 0 Å². The number of hydrogen-bond donors (Lipinski definition) is 1. The molecule has 0 radical (unpaired) electrons. The van der Waals surface area contributed by atoms with Gasteiger partial charge >= 0.3 is 0 Å². The molecule has 4 rings (SSSR count). The maximum absolute atomic E-state index is 12.9. The number of halogens is 1. The van der Waals surface area contributed by atoms with Gasteiger partial charge in [0.15, 0.2) is 5.82 Å². The molecule has 1 unspecified atom stereocenters. The largest absolute Gasteiger partial charge is 0.342 e. The first-order valence-electron chi connectivity index (χ1n) is 9.08. The standard InChI is InChI=1S/C17H26N4O2.ClH/c18-9-12-3-1-5-14(12)17(22)21-8-2-4-13(10-21)15-19-16(23-20-15)11-6-7-11;/h11-14H,1-10,18H2;1H/t12-,13?,14-;/m1./s1. The van der Waals surface area contributed by atoms with Crippen LogP contribution in [0.3, 0.4) is 0 Å². The lowest BCUT2D eigenvalue weighted by atomic mass is 9.91. The Morgan fingerprint density at radius 1 is 1.17 bits per heavy atom. The molecule has 2 heterocycles. The van der Waals surface area contributed by atoms with E-state index in [-0.39, 0.29) is 24.2 Å². The zero-order valence-corrected chi connectivity index (χ0v) is 14.8. The molecule has 24 heavy (non-hydrogen) atoms. The molecule has 1 saturated heterocycles. The predicted octanol–water partition coefficient (Wildman–Crippen LogP) is 2.45. The van der Waals surface area contributed by atoms with Crippen LogP contribution in [0.25, 0.3) is 0 Å². The van der Waals surface area contributed by atoms with Crippen LogP contribution in [-0.2, 0) is 4.79 Å². The fraction of sp³-hybridized carbons (Fsp3) is 0.824. The van der Waals surface area contributed by atoms with Gasteiger partial charge < -0.3 is 15.2 Å². The average molecular weight is 355 g/mol. The summed E-state index contributed by atoms with van der Waals surface area (Å²) >= 11 is 0. The van der Waals surface area contributed by atoms with Gasteiger partial charge in [-0.2, -0.15) is 4.98 Å². The average Bonchev–Trinajstić information content (AvgIpc) is 3.14. The van der Waals surface area contributed by atoms with E-state index in [1.165, 1.54) is 12.8 Å². The molecule has 1 amide bonds. The topological polar surface area (TPSA) is 85.3 Å². The summed E-state index contributed by atoms with van der Waals surface area (Å²) in [6.07, 6.45) is 7.61.